The second kappa shape index (κ2) is 12.3. The molecule has 5 rings (SSSR count). The summed E-state index contributed by atoms with van der Waals surface area (Å²) < 4.78 is 13.3. The number of ether oxygens (including phenoxy) is 2. The molecule has 0 spiro atoms. The van der Waals surface area contributed by atoms with Crippen molar-refractivity contribution in [2.45, 2.75) is 58.8 Å². The zero-order valence-corrected chi connectivity index (χ0v) is 24.5. The maximum atomic E-state index is 12.7. The van der Waals surface area contributed by atoms with Crippen LogP contribution in [0.25, 0.3) is 0 Å². The topological polar surface area (TPSA) is 98.2 Å². The molecular weight excluding hydrogens is 518 g/mol. The van der Waals surface area contributed by atoms with Gasteiger partial charge in [-0.1, -0.05) is 41.6 Å². The molecule has 0 aliphatic carbocycles. The minimum atomic E-state index is -0.884. The molecule has 2 aromatic carbocycles. The molecule has 0 bridgehead atoms. The number of piperidine rings is 1. The van der Waals surface area contributed by atoms with Gasteiger partial charge >= 0.3 is 0 Å². The first kappa shape index (κ1) is 28.5. The summed E-state index contributed by atoms with van der Waals surface area (Å²) in [6.45, 7) is 10.3. The van der Waals surface area contributed by atoms with Crippen LogP contribution in [0.15, 0.2) is 60.0 Å². The number of carbonyl (C=O) groups is 1. The molecule has 0 radical (unpaired) electrons. The number of fused-ring (bicyclic) bond motifs is 1. The highest BCUT2D eigenvalue weighted by atomic mass is 16.7. The van der Waals surface area contributed by atoms with Crippen LogP contribution in [-0.2, 0) is 10.6 Å². The molecule has 216 valence electrons. The Hall–Kier alpha value is -3.98. The lowest BCUT2D eigenvalue weighted by Crippen LogP contribution is -2.50. The van der Waals surface area contributed by atoms with Gasteiger partial charge in [0.1, 0.15) is 13.4 Å². The van der Waals surface area contributed by atoms with Gasteiger partial charge in [0, 0.05) is 24.1 Å². The molecular formula is C32H39N5O4. The maximum Gasteiger partial charge on any atom is 0.281 e. The van der Waals surface area contributed by atoms with E-state index >= 15 is 0 Å². The fraction of sp³-hybridized carbons (Fsp3) is 0.438. The number of nitrogens with zero attached hydrogens (tertiary/aromatic N) is 4. The van der Waals surface area contributed by atoms with Crippen LogP contribution < -0.4 is 14.8 Å². The van der Waals surface area contributed by atoms with Crippen LogP contribution in [0.1, 0.15) is 66.0 Å². The van der Waals surface area contributed by atoms with Gasteiger partial charge < -0.3 is 24.5 Å². The second-order valence-corrected chi connectivity index (χ2v) is 10.9. The Balaban J connectivity index is 1.23. The van der Waals surface area contributed by atoms with Crippen molar-refractivity contribution in [2.75, 3.05) is 26.7 Å². The van der Waals surface area contributed by atoms with Gasteiger partial charge in [0.2, 0.25) is 0 Å². The van der Waals surface area contributed by atoms with E-state index in [9.17, 15) is 4.79 Å². The number of likely N-dealkylation sites (tertiary alicyclic amines) is 1. The first-order chi connectivity index (χ1) is 19.8. The number of aromatic nitrogens is 2. The SMILES string of the molecule is CO/N=C(/C)c1ccc(C2(C3CCN(C(C)CCNC(=O)c4c(C)ncnc4C)CC3)Oc3ccccc3O2)cc1. The number of rotatable bonds is 9. The third kappa shape index (κ3) is 5.91. The third-order valence-electron chi connectivity index (χ3n) is 8.30. The maximum absolute atomic E-state index is 12.7. The Morgan fingerprint density at radius 3 is 2.27 bits per heavy atom. The molecule has 1 fully saturated rings. The summed E-state index contributed by atoms with van der Waals surface area (Å²) in [5.41, 5.74) is 4.76. The normalized spacial score (nSPS) is 17.7. The van der Waals surface area contributed by atoms with E-state index < -0.39 is 5.79 Å². The lowest BCUT2D eigenvalue weighted by Gasteiger charge is -2.42. The van der Waals surface area contributed by atoms with Crippen molar-refractivity contribution in [3.63, 3.8) is 0 Å². The summed E-state index contributed by atoms with van der Waals surface area (Å²) in [4.78, 5) is 28.5. The largest absolute Gasteiger partial charge is 0.444 e. The van der Waals surface area contributed by atoms with E-state index in [1.165, 1.54) is 6.33 Å². The first-order valence-electron chi connectivity index (χ1n) is 14.3. The average molecular weight is 558 g/mol. The zero-order valence-electron chi connectivity index (χ0n) is 24.5. The first-order valence-corrected chi connectivity index (χ1v) is 14.3. The smallest absolute Gasteiger partial charge is 0.281 e. The van der Waals surface area contributed by atoms with Crippen molar-refractivity contribution in [1.29, 1.82) is 0 Å². The number of aryl methyl sites for hydroxylation is 2. The van der Waals surface area contributed by atoms with E-state index in [1.54, 1.807) is 7.11 Å². The number of para-hydroxylation sites is 2. The minimum absolute atomic E-state index is 0.113. The van der Waals surface area contributed by atoms with Crippen LogP contribution in [0.4, 0.5) is 0 Å². The van der Waals surface area contributed by atoms with Gasteiger partial charge in [0.05, 0.1) is 22.7 Å². The monoisotopic (exact) mass is 557 g/mol. The molecule has 9 heteroatoms. The van der Waals surface area contributed by atoms with Gasteiger partial charge in [-0.25, -0.2) is 9.97 Å². The molecule has 1 aromatic heterocycles. The van der Waals surface area contributed by atoms with Crippen LogP contribution in [-0.4, -0.2) is 59.3 Å². The molecule has 2 aliphatic rings. The minimum Gasteiger partial charge on any atom is -0.444 e. The third-order valence-corrected chi connectivity index (χ3v) is 8.30. The molecule has 3 heterocycles. The predicted molar refractivity (Wildman–Crippen MR) is 157 cm³/mol. The van der Waals surface area contributed by atoms with Gasteiger partial charge in [-0.3, -0.25) is 4.79 Å². The highest BCUT2D eigenvalue weighted by molar-refractivity contribution is 5.98. The second-order valence-electron chi connectivity index (χ2n) is 10.9. The van der Waals surface area contributed by atoms with E-state index in [1.807, 2.05) is 57.2 Å². The standard InChI is InChI=1S/C32H39N5O4/c1-21(14-17-33-31(38)30-23(3)34-20-35-24(30)4)37-18-15-27(16-19-37)32(40-28-8-6-7-9-29(28)41-32)26-12-10-25(11-13-26)22(2)36-39-5/h6-13,20-21,27H,14-19H2,1-5H3,(H,33,38)/b36-22-. The predicted octanol–water partition coefficient (Wildman–Crippen LogP) is 5.01. The summed E-state index contributed by atoms with van der Waals surface area (Å²) in [7, 11) is 1.55. The highest BCUT2D eigenvalue weighted by Crippen LogP contribution is 2.50. The summed E-state index contributed by atoms with van der Waals surface area (Å²) in [6, 6.07) is 16.5. The van der Waals surface area contributed by atoms with Crippen molar-refractivity contribution in [3.8, 4) is 11.5 Å². The number of nitrogens with one attached hydrogen (secondary N) is 1. The Morgan fingerprint density at radius 2 is 1.68 bits per heavy atom. The van der Waals surface area contributed by atoms with Crippen LogP contribution in [0.3, 0.4) is 0 Å². The number of benzene rings is 2. The lowest BCUT2D eigenvalue weighted by atomic mass is 9.83. The number of hydrogen-bond acceptors (Lipinski definition) is 8. The Kier molecular flexibility index (Phi) is 8.54. The number of oxime groups is 1. The van der Waals surface area contributed by atoms with E-state index in [2.05, 4.69) is 44.4 Å². The van der Waals surface area contributed by atoms with E-state index in [-0.39, 0.29) is 11.8 Å². The molecule has 3 aromatic rings. The van der Waals surface area contributed by atoms with Crippen molar-refractivity contribution < 1.29 is 19.1 Å². The van der Waals surface area contributed by atoms with Crippen LogP contribution >= 0.6 is 0 Å². The fourth-order valence-electron chi connectivity index (χ4n) is 5.93. The summed E-state index contributed by atoms with van der Waals surface area (Å²) in [6.07, 6.45) is 4.20. The molecule has 1 saturated heterocycles. The Labute approximate surface area is 241 Å². The lowest BCUT2D eigenvalue weighted by molar-refractivity contribution is -0.149. The molecule has 1 N–H and O–H groups in total. The van der Waals surface area contributed by atoms with E-state index in [0.717, 1.165) is 60.7 Å². The summed E-state index contributed by atoms with van der Waals surface area (Å²) in [5.74, 6) is 0.717. The van der Waals surface area contributed by atoms with Crippen LogP contribution in [0.2, 0.25) is 0 Å². The van der Waals surface area contributed by atoms with Crippen molar-refractivity contribution in [3.05, 3.63) is 82.9 Å². The van der Waals surface area contributed by atoms with E-state index in [4.69, 9.17) is 14.3 Å². The molecule has 9 nitrogen and oxygen atoms in total. The number of carbonyl (C=O) groups excluding carboxylic acids is 1. The Bertz CT molecular complexity index is 1350. The number of hydrogen-bond donors (Lipinski definition) is 1. The molecule has 1 amide bonds. The van der Waals surface area contributed by atoms with Gasteiger partial charge in [-0.15, -0.1) is 0 Å². The quantitative estimate of drug-likeness (QED) is 0.292. The average Bonchev–Trinajstić information content (AvgIpc) is 3.38. The van der Waals surface area contributed by atoms with Gasteiger partial charge in [0.25, 0.3) is 11.7 Å². The van der Waals surface area contributed by atoms with Crippen molar-refractivity contribution in [1.82, 2.24) is 20.2 Å². The summed E-state index contributed by atoms with van der Waals surface area (Å²) >= 11 is 0. The molecule has 1 unspecified atom stereocenters. The fourth-order valence-corrected chi connectivity index (χ4v) is 5.93. The van der Waals surface area contributed by atoms with Crippen molar-refractivity contribution in [2.24, 2.45) is 11.1 Å². The van der Waals surface area contributed by atoms with E-state index in [0.29, 0.717) is 29.5 Å². The van der Waals surface area contributed by atoms with Crippen molar-refractivity contribution >= 4 is 11.6 Å². The zero-order chi connectivity index (χ0) is 29.0. The van der Waals surface area contributed by atoms with Crippen LogP contribution in [0.5, 0.6) is 11.5 Å². The van der Waals surface area contributed by atoms with Gasteiger partial charge in [-0.05, 0) is 77.7 Å². The molecule has 2 aliphatic heterocycles. The molecule has 0 saturated carbocycles. The van der Waals surface area contributed by atoms with Gasteiger partial charge in [0.15, 0.2) is 11.5 Å². The molecule has 41 heavy (non-hydrogen) atoms. The van der Waals surface area contributed by atoms with Gasteiger partial charge in [-0.2, -0.15) is 0 Å². The summed E-state index contributed by atoms with van der Waals surface area (Å²) in [5, 5.41) is 7.12. The van der Waals surface area contributed by atoms with Crippen LogP contribution in [0, 0.1) is 19.8 Å². The number of amides is 1. The molecule has 1 atom stereocenters. The highest BCUT2D eigenvalue weighted by Gasteiger charge is 2.51. The Morgan fingerprint density at radius 1 is 1.07 bits per heavy atom.